The lowest BCUT2D eigenvalue weighted by Crippen LogP contribution is -2.43. The van der Waals surface area contributed by atoms with Crippen LogP contribution in [0.2, 0.25) is 0 Å². The first-order valence-corrected chi connectivity index (χ1v) is 4.52. The average molecular weight is 182 g/mol. The zero-order chi connectivity index (χ0) is 10.3. The van der Waals surface area contributed by atoms with Crippen LogP contribution in [0.25, 0.3) is 0 Å². The van der Waals surface area contributed by atoms with Crippen molar-refractivity contribution in [2.45, 2.75) is 26.8 Å². The summed E-state index contributed by atoms with van der Waals surface area (Å²) in [5, 5.41) is 5.73. The van der Waals surface area contributed by atoms with Crippen LogP contribution < -0.4 is 10.6 Å². The van der Waals surface area contributed by atoms with Crippen molar-refractivity contribution in [3.63, 3.8) is 0 Å². The number of terminal acetylenes is 1. The van der Waals surface area contributed by atoms with Crippen molar-refractivity contribution in [1.29, 1.82) is 0 Å². The monoisotopic (exact) mass is 182 g/mol. The Balaban J connectivity index is 3.64. The summed E-state index contributed by atoms with van der Waals surface area (Å²) in [5.74, 6) is 2.86. The van der Waals surface area contributed by atoms with Gasteiger partial charge in [0.2, 0.25) is 5.91 Å². The molecule has 1 amide bonds. The maximum atomic E-state index is 11.2. The number of carbonyl (C=O) groups excluding carboxylic acids is 1. The highest BCUT2D eigenvalue weighted by atomic mass is 16.2. The topological polar surface area (TPSA) is 41.1 Å². The zero-order valence-corrected chi connectivity index (χ0v) is 8.55. The van der Waals surface area contributed by atoms with Crippen molar-refractivity contribution >= 4 is 5.91 Å². The van der Waals surface area contributed by atoms with Crippen LogP contribution in [0.4, 0.5) is 0 Å². The third-order valence-corrected chi connectivity index (χ3v) is 1.59. The molecule has 0 aromatic heterocycles. The van der Waals surface area contributed by atoms with Gasteiger partial charge in [-0.25, -0.2) is 0 Å². The van der Waals surface area contributed by atoms with Crippen molar-refractivity contribution < 1.29 is 4.79 Å². The van der Waals surface area contributed by atoms with Crippen LogP contribution in [-0.4, -0.2) is 25.0 Å². The lowest BCUT2D eigenvalue weighted by molar-refractivity contribution is -0.122. The number of hydrogen-bond donors (Lipinski definition) is 2. The molecule has 13 heavy (non-hydrogen) atoms. The molecule has 0 heterocycles. The minimum atomic E-state index is -0.171. The van der Waals surface area contributed by atoms with Gasteiger partial charge in [-0.2, -0.15) is 0 Å². The van der Waals surface area contributed by atoms with Crippen LogP contribution in [0.3, 0.4) is 0 Å². The van der Waals surface area contributed by atoms with E-state index in [4.69, 9.17) is 6.42 Å². The van der Waals surface area contributed by atoms with Crippen LogP contribution in [0.1, 0.15) is 20.8 Å². The van der Waals surface area contributed by atoms with Gasteiger partial charge in [0.05, 0.1) is 12.6 Å². The Bertz CT molecular complexity index is 194. The molecule has 3 heteroatoms. The second kappa shape index (κ2) is 6.50. The van der Waals surface area contributed by atoms with E-state index in [1.54, 1.807) is 0 Å². The Labute approximate surface area is 80.3 Å². The van der Waals surface area contributed by atoms with Crippen molar-refractivity contribution in [2.75, 3.05) is 13.1 Å². The van der Waals surface area contributed by atoms with E-state index in [0.29, 0.717) is 12.5 Å². The van der Waals surface area contributed by atoms with Gasteiger partial charge in [0, 0.05) is 0 Å². The molecule has 74 valence electrons. The molecule has 0 saturated carbocycles. The Morgan fingerprint density at radius 2 is 2.08 bits per heavy atom. The van der Waals surface area contributed by atoms with Gasteiger partial charge in [-0.1, -0.05) is 19.8 Å². The molecule has 0 spiro atoms. The second-order valence-corrected chi connectivity index (χ2v) is 3.45. The molecule has 0 aliphatic carbocycles. The standard InChI is InChI=1S/C10H18N2O/c1-5-6-11-10(13)9(4)12-7-8(2)3/h1,8-9,12H,6-7H2,2-4H3,(H,11,13). The highest BCUT2D eigenvalue weighted by Crippen LogP contribution is 1.89. The lowest BCUT2D eigenvalue weighted by atomic mass is 10.2. The molecule has 0 fully saturated rings. The van der Waals surface area contributed by atoms with Gasteiger partial charge in [-0.05, 0) is 19.4 Å². The maximum Gasteiger partial charge on any atom is 0.237 e. The van der Waals surface area contributed by atoms with Gasteiger partial charge in [0.1, 0.15) is 0 Å². The van der Waals surface area contributed by atoms with E-state index in [0.717, 1.165) is 6.54 Å². The number of nitrogens with one attached hydrogen (secondary N) is 2. The summed E-state index contributed by atoms with van der Waals surface area (Å²) in [6, 6.07) is -0.171. The molecular weight excluding hydrogens is 164 g/mol. The van der Waals surface area contributed by atoms with Gasteiger partial charge in [0.25, 0.3) is 0 Å². The maximum absolute atomic E-state index is 11.2. The van der Waals surface area contributed by atoms with Crippen LogP contribution in [0.5, 0.6) is 0 Å². The lowest BCUT2D eigenvalue weighted by Gasteiger charge is -2.14. The third-order valence-electron chi connectivity index (χ3n) is 1.59. The minimum Gasteiger partial charge on any atom is -0.344 e. The summed E-state index contributed by atoms with van der Waals surface area (Å²) in [6.07, 6.45) is 5.01. The third kappa shape index (κ3) is 6.18. The summed E-state index contributed by atoms with van der Waals surface area (Å²) in [7, 11) is 0. The smallest absolute Gasteiger partial charge is 0.237 e. The highest BCUT2D eigenvalue weighted by molar-refractivity contribution is 5.81. The summed E-state index contributed by atoms with van der Waals surface area (Å²) in [4.78, 5) is 11.2. The number of amides is 1. The van der Waals surface area contributed by atoms with E-state index in [1.807, 2.05) is 6.92 Å². The van der Waals surface area contributed by atoms with E-state index in [2.05, 4.69) is 30.4 Å². The molecule has 0 saturated heterocycles. The summed E-state index contributed by atoms with van der Waals surface area (Å²) < 4.78 is 0. The van der Waals surface area contributed by atoms with E-state index in [9.17, 15) is 4.79 Å². The molecule has 0 aromatic rings. The highest BCUT2D eigenvalue weighted by Gasteiger charge is 2.10. The minimum absolute atomic E-state index is 0.0430. The van der Waals surface area contributed by atoms with Crippen molar-refractivity contribution in [1.82, 2.24) is 10.6 Å². The molecule has 3 nitrogen and oxygen atoms in total. The first kappa shape index (κ1) is 12.0. The first-order chi connectivity index (χ1) is 6.07. The fourth-order valence-electron chi connectivity index (χ4n) is 0.796. The molecule has 1 atom stereocenters. The zero-order valence-electron chi connectivity index (χ0n) is 8.55. The van der Waals surface area contributed by atoms with Crippen molar-refractivity contribution in [3.8, 4) is 12.3 Å². The largest absolute Gasteiger partial charge is 0.344 e. The number of carbonyl (C=O) groups is 1. The number of hydrogen-bond acceptors (Lipinski definition) is 2. The molecule has 0 radical (unpaired) electrons. The van der Waals surface area contributed by atoms with Crippen molar-refractivity contribution in [2.24, 2.45) is 5.92 Å². The van der Waals surface area contributed by atoms with Gasteiger partial charge in [-0.15, -0.1) is 6.42 Å². The molecule has 2 N–H and O–H groups in total. The van der Waals surface area contributed by atoms with Crippen LogP contribution in [-0.2, 0) is 4.79 Å². The molecule has 0 aliphatic heterocycles. The first-order valence-electron chi connectivity index (χ1n) is 4.52. The fourth-order valence-corrected chi connectivity index (χ4v) is 0.796. The molecule has 0 aliphatic rings. The molecule has 0 aromatic carbocycles. The molecule has 0 rings (SSSR count). The average Bonchev–Trinajstić information content (AvgIpc) is 2.10. The van der Waals surface area contributed by atoms with Crippen LogP contribution >= 0.6 is 0 Å². The molecule has 1 unspecified atom stereocenters. The Kier molecular flexibility index (Phi) is 5.99. The predicted octanol–water partition coefficient (Wildman–Crippen LogP) is 0.370. The van der Waals surface area contributed by atoms with Crippen molar-refractivity contribution in [3.05, 3.63) is 0 Å². The van der Waals surface area contributed by atoms with E-state index >= 15 is 0 Å². The Morgan fingerprint density at radius 1 is 1.46 bits per heavy atom. The van der Waals surface area contributed by atoms with Gasteiger partial charge in [-0.3, -0.25) is 4.79 Å². The SMILES string of the molecule is C#CCNC(=O)C(C)NCC(C)C. The Morgan fingerprint density at radius 3 is 2.54 bits per heavy atom. The second-order valence-electron chi connectivity index (χ2n) is 3.45. The summed E-state index contributed by atoms with van der Waals surface area (Å²) >= 11 is 0. The van der Waals surface area contributed by atoms with E-state index < -0.39 is 0 Å². The number of rotatable bonds is 5. The molecular formula is C10H18N2O. The van der Waals surface area contributed by atoms with E-state index in [1.165, 1.54) is 0 Å². The van der Waals surface area contributed by atoms with Gasteiger partial charge < -0.3 is 10.6 Å². The van der Waals surface area contributed by atoms with Crippen LogP contribution in [0.15, 0.2) is 0 Å². The molecule has 0 bridgehead atoms. The summed E-state index contributed by atoms with van der Waals surface area (Å²) in [5.41, 5.74) is 0. The normalized spacial score (nSPS) is 12.2. The van der Waals surface area contributed by atoms with Crippen LogP contribution in [0, 0.1) is 18.3 Å². The van der Waals surface area contributed by atoms with E-state index in [-0.39, 0.29) is 11.9 Å². The Hall–Kier alpha value is -1.01. The van der Waals surface area contributed by atoms with Gasteiger partial charge >= 0.3 is 0 Å². The summed E-state index contributed by atoms with van der Waals surface area (Å²) in [6.45, 7) is 7.16. The van der Waals surface area contributed by atoms with Gasteiger partial charge in [0.15, 0.2) is 0 Å². The predicted molar refractivity (Wildman–Crippen MR) is 54.1 cm³/mol. The quantitative estimate of drug-likeness (QED) is 0.603. The fraction of sp³-hybridized carbons (Fsp3) is 0.700.